The average Bonchev–Trinajstić information content (AvgIpc) is 2.65. The third-order valence-corrected chi connectivity index (χ3v) is 4.69. The predicted molar refractivity (Wildman–Crippen MR) is 117 cm³/mol. The highest BCUT2D eigenvalue weighted by atomic mass is 127. The van der Waals surface area contributed by atoms with Gasteiger partial charge in [-0.05, 0) is 69.7 Å². The van der Waals surface area contributed by atoms with E-state index in [9.17, 15) is 13.6 Å². The molecule has 1 aromatic carbocycles. The Bertz CT molecular complexity index is 650. The minimum atomic E-state index is -0.446. The normalized spacial score (nSPS) is 19.5. The van der Waals surface area contributed by atoms with E-state index < -0.39 is 11.6 Å². The number of guanidine groups is 1. The Morgan fingerprint density at radius 2 is 1.93 bits per heavy atom. The molecule has 0 unspecified atom stereocenters. The lowest BCUT2D eigenvalue weighted by Crippen LogP contribution is -2.45. The smallest absolute Gasteiger partial charge is 0.308 e. The molecule has 2 rings (SSSR count). The van der Waals surface area contributed by atoms with Crippen molar-refractivity contribution in [3.8, 4) is 0 Å². The zero-order valence-corrected chi connectivity index (χ0v) is 18.8. The largest absolute Gasteiger partial charge is 0.466 e. The van der Waals surface area contributed by atoms with Crippen LogP contribution < -0.4 is 10.6 Å². The molecule has 0 aromatic heterocycles. The second-order valence-electron chi connectivity index (χ2n) is 6.69. The van der Waals surface area contributed by atoms with Crippen molar-refractivity contribution in [1.29, 1.82) is 0 Å². The Balaban J connectivity index is 0.00000392. The van der Waals surface area contributed by atoms with E-state index in [1.165, 1.54) is 6.07 Å². The molecule has 2 N–H and O–H groups in total. The van der Waals surface area contributed by atoms with Crippen LogP contribution in [0.2, 0.25) is 0 Å². The van der Waals surface area contributed by atoms with Crippen LogP contribution in [0.25, 0.3) is 0 Å². The zero-order chi connectivity index (χ0) is 19.6. The van der Waals surface area contributed by atoms with Gasteiger partial charge in [0.1, 0.15) is 11.6 Å². The molecule has 0 atom stereocenters. The molecule has 0 amide bonds. The first kappa shape index (κ1) is 24.6. The van der Waals surface area contributed by atoms with Crippen LogP contribution in [0.4, 0.5) is 8.78 Å². The summed E-state index contributed by atoms with van der Waals surface area (Å²) in [4.78, 5) is 16.3. The van der Waals surface area contributed by atoms with Crippen LogP contribution >= 0.6 is 24.0 Å². The van der Waals surface area contributed by atoms with Crippen molar-refractivity contribution < 1.29 is 18.3 Å². The van der Waals surface area contributed by atoms with Gasteiger partial charge >= 0.3 is 5.97 Å². The quantitative estimate of drug-likeness (QED) is 0.254. The molecule has 0 saturated heterocycles. The summed E-state index contributed by atoms with van der Waals surface area (Å²) >= 11 is 0. The molecule has 28 heavy (non-hydrogen) atoms. The lowest BCUT2D eigenvalue weighted by molar-refractivity contribution is -0.149. The SMILES string of the molecule is CCNC(=NCCc1cc(F)ccc1F)NC1CCC(C(=O)OCC)CC1.I. The first-order valence-corrected chi connectivity index (χ1v) is 9.68. The van der Waals surface area contributed by atoms with Gasteiger partial charge in [-0.2, -0.15) is 0 Å². The first-order valence-electron chi connectivity index (χ1n) is 9.68. The summed E-state index contributed by atoms with van der Waals surface area (Å²) in [5, 5.41) is 6.56. The van der Waals surface area contributed by atoms with Gasteiger partial charge in [0.05, 0.1) is 12.5 Å². The van der Waals surface area contributed by atoms with Gasteiger partial charge < -0.3 is 15.4 Å². The molecule has 0 heterocycles. The second-order valence-corrected chi connectivity index (χ2v) is 6.69. The minimum absolute atomic E-state index is 0. The van der Waals surface area contributed by atoms with Crippen molar-refractivity contribution in [3.63, 3.8) is 0 Å². The molecule has 0 radical (unpaired) electrons. The summed E-state index contributed by atoms with van der Waals surface area (Å²) in [6, 6.07) is 3.70. The molecule has 1 fully saturated rings. The molecule has 0 bridgehead atoms. The third-order valence-electron chi connectivity index (χ3n) is 4.69. The fraction of sp³-hybridized carbons (Fsp3) is 0.600. The Hall–Kier alpha value is -1.45. The van der Waals surface area contributed by atoms with Crippen LogP contribution in [0.3, 0.4) is 0 Å². The summed E-state index contributed by atoms with van der Waals surface area (Å²) < 4.78 is 32.0. The predicted octanol–water partition coefficient (Wildman–Crippen LogP) is 3.80. The Morgan fingerprint density at radius 1 is 1.21 bits per heavy atom. The number of carbonyl (C=O) groups is 1. The van der Waals surface area contributed by atoms with Gasteiger partial charge in [0, 0.05) is 19.1 Å². The van der Waals surface area contributed by atoms with Crippen molar-refractivity contribution in [1.82, 2.24) is 10.6 Å². The highest BCUT2D eigenvalue weighted by Gasteiger charge is 2.27. The van der Waals surface area contributed by atoms with Crippen LogP contribution in [-0.4, -0.2) is 37.7 Å². The van der Waals surface area contributed by atoms with E-state index in [2.05, 4.69) is 15.6 Å². The molecule has 8 heteroatoms. The Labute approximate surface area is 182 Å². The zero-order valence-electron chi connectivity index (χ0n) is 16.5. The maximum Gasteiger partial charge on any atom is 0.308 e. The maximum absolute atomic E-state index is 13.7. The van der Waals surface area contributed by atoms with Crippen LogP contribution in [0.15, 0.2) is 23.2 Å². The summed E-state index contributed by atoms with van der Waals surface area (Å²) in [5.41, 5.74) is 0.324. The summed E-state index contributed by atoms with van der Waals surface area (Å²) in [7, 11) is 0. The van der Waals surface area contributed by atoms with Gasteiger partial charge in [0.25, 0.3) is 0 Å². The molecule has 158 valence electrons. The van der Waals surface area contributed by atoms with Crippen molar-refractivity contribution >= 4 is 35.9 Å². The molecule has 1 aliphatic rings. The van der Waals surface area contributed by atoms with E-state index in [0.717, 1.165) is 37.8 Å². The number of hydrogen-bond acceptors (Lipinski definition) is 3. The topological polar surface area (TPSA) is 62.7 Å². The average molecular weight is 509 g/mol. The van der Waals surface area contributed by atoms with Crippen LogP contribution in [-0.2, 0) is 16.0 Å². The summed E-state index contributed by atoms with van der Waals surface area (Å²) in [6.07, 6.45) is 3.66. The van der Waals surface area contributed by atoms with Gasteiger partial charge in [-0.1, -0.05) is 0 Å². The number of benzene rings is 1. The minimum Gasteiger partial charge on any atom is -0.466 e. The highest BCUT2D eigenvalue weighted by Crippen LogP contribution is 2.25. The molecule has 1 aliphatic carbocycles. The van der Waals surface area contributed by atoms with E-state index in [1.54, 1.807) is 0 Å². The standard InChI is InChI=1S/C20H29F2N3O2.HI/c1-3-23-20(24-12-11-15-13-16(21)7-10-18(15)22)25-17-8-5-14(6-9-17)19(26)27-4-2;/h7,10,13-14,17H,3-6,8-9,11-12H2,1-2H3,(H2,23,24,25);1H. The van der Waals surface area contributed by atoms with E-state index in [0.29, 0.717) is 37.6 Å². The molecule has 1 aromatic rings. The number of nitrogens with one attached hydrogen (secondary N) is 2. The third kappa shape index (κ3) is 7.89. The lowest BCUT2D eigenvalue weighted by Gasteiger charge is -2.29. The highest BCUT2D eigenvalue weighted by molar-refractivity contribution is 14.0. The second kappa shape index (κ2) is 12.9. The van der Waals surface area contributed by atoms with Crippen molar-refractivity contribution in [2.24, 2.45) is 10.9 Å². The Kier molecular flexibility index (Phi) is 11.3. The molecular weight excluding hydrogens is 479 g/mol. The Morgan fingerprint density at radius 3 is 2.57 bits per heavy atom. The number of nitrogens with zero attached hydrogens (tertiary/aromatic N) is 1. The molecule has 1 saturated carbocycles. The first-order chi connectivity index (χ1) is 13.0. The van der Waals surface area contributed by atoms with Crippen molar-refractivity contribution in [2.75, 3.05) is 19.7 Å². The number of halogens is 3. The van der Waals surface area contributed by atoms with Gasteiger partial charge in [-0.25, -0.2) is 8.78 Å². The van der Waals surface area contributed by atoms with Gasteiger partial charge in [-0.3, -0.25) is 9.79 Å². The van der Waals surface area contributed by atoms with Gasteiger partial charge in [0.15, 0.2) is 5.96 Å². The maximum atomic E-state index is 13.7. The van der Waals surface area contributed by atoms with Crippen molar-refractivity contribution in [2.45, 2.75) is 52.0 Å². The van der Waals surface area contributed by atoms with Crippen LogP contribution in [0.5, 0.6) is 0 Å². The fourth-order valence-corrected chi connectivity index (χ4v) is 3.27. The van der Waals surface area contributed by atoms with Crippen LogP contribution in [0.1, 0.15) is 45.1 Å². The molecule has 0 spiro atoms. The van der Waals surface area contributed by atoms with Gasteiger partial charge in [-0.15, -0.1) is 24.0 Å². The van der Waals surface area contributed by atoms with E-state index >= 15 is 0 Å². The lowest BCUT2D eigenvalue weighted by atomic mass is 9.86. The molecule has 5 nitrogen and oxygen atoms in total. The number of esters is 1. The number of aliphatic imine (C=N–C) groups is 1. The number of rotatable bonds is 7. The number of ether oxygens (including phenoxy) is 1. The van der Waals surface area contributed by atoms with Gasteiger partial charge in [0.2, 0.25) is 0 Å². The van der Waals surface area contributed by atoms with Crippen molar-refractivity contribution in [3.05, 3.63) is 35.4 Å². The summed E-state index contributed by atoms with van der Waals surface area (Å²) in [5.74, 6) is -0.318. The van der Waals surface area contributed by atoms with E-state index in [1.807, 2.05) is 13.8 Å². The summed E-state index contributed by atoms with van der Waals surface area (Å²) in [6.45, 7) is 5.27. The van der Waals surface area contributed by atoms with Crippen LogP contribution in [0, 0.1) is 17.6 Å². The van der Waals surface area contributed by atoms with E-state index in [-0.39, 0.29) is 41.9 Å². The fourth-order valence-electron chi connectivity index (χ4n) is 3.27. The molecule has 0 aliphatic heterocycles. The molecular formula is C20H30F2IN3O2. The number of carbonyl (C=O) groups excluding carboxylic acids is 1. The monoisotopic (exact) mass is 509 g/mol. The van der Waals surface area contributed by atoms with E-state index in [4.69, 9.17) is 4.74 Å². The number of hydrogen-bond donors (Lipinski definition) is 2.